The number of hydrogen-bond acceptors (Lipinski definition) is 3. The predicted octanol–water partition coefficient (Wildman–Crippen LogP) is 1.65. The van der Waals surface area contributed by atoms with E-state index in [9.17, 15) is 5.11 Å². The summed E-state index contributed by atoms with van der Waals surface area (Å²) >= 11 is 0. The molecule has 1 heterocycles. The van der Waals surface area contributed by atoms with Gasteiger partial charge in [0.2, 0.25) is 0 Å². The Kier molecular flexibility index (Phi) is 4.12. The molecule has 1 atom stereocenters. The molecule has 18 heavy (non-hydrogen) atoms. The van der Waals surface area contributed by atoms with Crippen LogP contribution in [0.15, 0.2) is 36.5 Å². The maximum Gasteiger partial charge on any atom is 0.110 e. The van der Waals surface area contributed by atoms with Crippen molar-refractivity contribution in [1.29, 1.82) is 0 Å². The van der Waals surface area contributed by atoms with Crippen LogP contribution >= 0.6 is 0 Å². The minimum Gasteiger partial charge on any atom is -0.392 e. The molecule has 0 saturated heterocycles. The van der Waals surface area contributed by atoms with Gasteiger partial charge in [0.1, 0.15) is 5.82 Å². The zero-order chi connectivity index (χ0) is 13.0. The molecular weight excluding hydrogens is 226 g/mol. The summed E-state index contributed by atoms with van der Waals surface area (Å²) in [5, 5.41) is 12.5. The average molecular weight is 245 g/mol. The third-order valence-corrected chi connectivity index (χ3v) is 2.77. The second-order valence-electron chi connectivity index (χ2n) is 4.45. The normalized spacial score (nSPS) is 12.6. The summed E-state index contributed by atoms with van der Waals surface area (Å²) in [6, 6.07) is 10.2. The van der Waals surface area contributed by atoms with E-state index in [1.54, 1.807) is 6.92 Å². The van der Waals surface area contributed by atoms with E-state index in [0.717, 1.165) is 17.2 Å². The number of benzene rings is 1. The highest BCUT2D eigenvalue weighted by molar-refractivity contribution is 5.35. The summed E-state index contributed by atoms with van der Waals surface area (Å²) in [4.78, 5) is 4.35. The second kappa shape index (κ2) is 5.80. The standard InChI is InChI=1S/C14H19N3O/c1-11(18)8-15-9-14-10-16-12(2)17(14)13-6-4-3-5-7-13/h3-7,10-11,15,18H,8-9H2,1-2H3/t11-/m0/s1. The van der Waals surface area contributed by atoms with E-state index in [4.69, 9.17) is 0 Å². The van der Waals surface area contributed by atoms with Crippen LogP contribution in [0.4, 0.5) is 0 Å². The van der Waals surface area contributed by atoms with Crippen molar-refractivity contribution in [3.8, 4) is 5.69 Å². The molecule has 2 rings (SSSR count). The Hall–Kier alpha value is -1.65. The Morgan fingerprint density at radius 1 is 1.33 bits per heavy atom. The van der Waals surface area contributed by atoms with Crippen molar-refractivity contribution in [2.45, 2.75) is 26.5 Å². The first-order chi connectivity index (χ1) is 8.68. The fourth-order valence-electron chi connectivity index (χ4n) is 1.95. The van der Waals surface area contributed by atoms with Crippen molar-refractivity contribution in [3.05, 3.63) is 48.0 Å². The van der Waals surface area contributed by atoms with Crippen LogP contribution in [0.3, 0.4) is 0 Å². The van der Waals surface area contributed by atoms with Crippen molar-refractivity contribution in [2.24, 2.45) is 0 Å². The van der Waals surface area contributed by atoms with Gasteiger partial charge in [-0.25, -0.2) is 4.98 Å². The summed E-state index contributed by atoms with van der Waals surface area (Å²) in [7, 11) is 0. The van der Waals surface area contributed by atoms with Crippen LogP contribution in [0.2, 0.25) is 0 Å². The van der Waals surface area contributed by atoms with Crippen molar-refractivity contribution >= 4 is 0 Å². The zero-order valence-corrected chi connectivity index (χ0v) is 10.8. The van der Waals surface area contributed by atoms with Gasteiger partial charge in [0, 0.05) is 18.8 Å². The fraction of sp³-hybridized carbons (Fsp3) is 0.357. The Morgan fingerprint density at radius 3 is 2.72 bits per heavy atom. The Balaban J connectivity index is 2.17. The maximum atomic E-state index is 9.24. The van der Waals surface area contributed by atoms with Crippen LogP contribution in [0.1, 0.15) is 18.4 Å². The molecule has 96 valence electrons. The quantitative estimate of drug-likeness (QED) is 0.842. The minimum absolute atomic E-state index is 0.334. The number of aliphatic hydroxyl groups is 1. The van der Waals surface area contributed by atoms with E-state index in [1.165, 1.54) is 0 Å². The van der Waals surface area contributed by atoms with E-state index >= 15 is 0 Å². The smallest absolute Gasteiger partial charge is 0.110 e. The topological polar surface area (TPSA) is 50.1 Å². The lowest BCUT2D eigenvalue weighted by molar-refractivity contribution is 0.190. The van der Waals surface area contributed by atoms with Crippen LogP contribution in [-0.4, -0.2) is 27.3 Å². The molecule has 0 amide bonds. The van der Waals surface area contributed by atoms with Gasteiger partial charge in [-0.1, -0.05) is 18.2 Å². The van der Waals surface area contributed by atoms with Crippen molar-refractivity contribution < 1.29 is 5.11 Å². The van der Waals surface area contributed by atoms with Crippen molar-refractivity contribution in [3.63, 3.8) is 0 Å². The molecule has 0 saturated carbocycles. The summed E-state index contributed by atoms with van der Waals surface area (Å²) < 4.78 is 2.12. The lowest BCUT2D eigenvalue weighted by atomic mass is 10.3. The molecule has 0 bridgehead atoms. The van der Waals surface area contributed by atoms with Crippen LogP contribution in [0.25, 0.3) is 5.69 Å². The summed E-state index contributed by atoms with van der Waals surface area (Å²) in [6.45, 7) is 5.04. The van der Waals surface area contributed by atoms with Crippen molar-refractivity contribution in [2.75, 3.05) is 6.54 Å². The van der Waals surface area contributed by atoms with Gasteiger partial charge in [0.15, 0.2) is 0 Å². The molecule has 2 aromatic rings. The number of aryl methyl sites for hydroxylation is 1. The van der Waals surface area contributed by atoms with Gasteiger partial charge < -0.3 is 10.4 Å². The molecule has 1 aromatic carbocycles. The van der Waals surface area contributed by atoms with Gasteiger partial charge in [0.05, 0.1) is 18.0 Å². The number of para-hydroxylation sites is 1. The molecule has 0 aliphatic rings. The first-order valence-electron chi connectivity index (χ1n) is 6.16. The summed E-state index contributed by atoms with van der Waals surface area (Å²) in [6.07, 6.45) is 1.54. The van der Waals surface area contributed by atoms with Crippen LogP contribution in [0, 0.1) is 6.92 Å². The number of rotatable bonds is 5. The van der Waals surface area contributed by atoms with E-state index in [0.29, 0.717) is 13.1 Å². The third kappa shape index (κ3) is 2.97. The molecule has 0 unspecified atom stereocenters. The summed E-state index contributed by atoms with van der Waals surface area (Å²) in [5.41, 5.74) is 2.21. The highest BCUT2D eigenvalue weighted by Crippen LogP contribution is 2.14. The van der Waals surface area contributed by atoms with E-state index in [2.05, 4.69) is 27.0 Å². The number of aromatic nitrogens is 2. The molecule has 2 N–H and O–H groups in total. The zero-order valence-electron chi connectivity index (χ0n) is 10.8. The third-order valence-electron chi connectivity index (χ3n) is 2.77. The second-order valence-corrected chi connectivity index (χ2v) is 4.45. The van der Waals surface area contributed by atoms with Gasteiger partial charge in [-0.05, 0) is 26.0 Å². The highest BCUT2D eigenvalue weighted by Gasteiger charge is 2.08. The molecule has 0 fully saturated rings. The van der Waals surface area contributed by atoms with Crippen LogP contribution in [-0.2, 0) is 6.54 Å². The molecule has 1 aromatic heterocycles. The van der Waals surface area contributed by atoms with Gasteiger partial charge in [-0.2, -0.15) is 0 Å². The number of imidazole rings is 1. The molecule has 4 nitrogen and oxygen atoms in total. The molecular formula is C14H19N3O. The van der Waals surface area contributed by atoms with Crippen molar-refractivity contribution in [1.82, 2.24) is 14.9 Å². The largest absolute Gasteiger partial charge is 0.392 e. The maximum absolute atomic E-state index is 9.24. The molecule has 0 aliphatic heterocycles. The molecule has 0 spiro atoms. The molecule has 0 radical (unpaired) electrons. The number of nitrogens with one attached hydrogen (secondary N) is 1. The highest BCUT2D eigenvalue weighted by atomic mass is 16.3. The van der Waals surface area contributed by atoms with Gasteiger partial charge >= 0.3 is 0 Å². The lowest BCUT2D eigenvalue weighted by Gasteiger charge is -2.11. The van der Waals surface area contributed by atoms with Gasteiger partial charge in [-0.3, -0.25) is 4.57 Å². The monoisotopic (exact) mass is 245 g/mol. The van der Waals surface area contributed by atoms with E-state index < -0.39 is 0 Å². The van der Waals surface area contributed by atoms with E-state index in [-0.39, 0.29) is 6.10 Å². The summed E-state index contributed by atoms with van der Waals surface area (Å²) in [5.74, 6) is 0.968. The molecule has 0 aliphatic carbocycles. The van der Waals surface area contributed by atoms with Gasteiger partial charge in [-0.15, -0.1) is 0 Å². The lowest BCUT2D eigenvalue weighted by Crippen LogP contribution is -2.24. The first-order valence-corrected chi connectivity index (χ1v) is 6.16. The predicted molar refractivity (Wildman–Crippen MR) is 71.7 cm³/mol. The number of aliphatic hydroxyl groups excluding tert-OH is 1. The Morgan fingerprint density at radius 2 is 2.06 bits per heavy atom. The number of hydrogen-bond donors (Lipinski definition) is 2. The van der Waals surface area contributed by atoms with E-state index in [1.807, 2.05) is 31.3 Å². The SMILES string of the molecule is Cc1ncc(CNC[C@H](C)O)n1-c1ccccc1. The van der Waals surface area contributed by atoms with Crippen LogP contribution in [0.5, 0.6) is 0 Å². The Bertz CT molecular complexity index is 491. The minimum atomic E-state index is -0.334. The fourth-order valence-corrected chi connectivity index (χ4v) is 1.95. The Labute approximate surface area is 107 Å². The van der Waals surface area contributed by atoms with Gasteiger partial charge in [0.25, 0.3) is 0 Å². The van der Waals surface area contributed by atoms with Crippen LogP contribution < -0.4 is 5.32 Å². The number of nitrogens with zero attached hydrogens (tertiary/aromatic N) is 2. The first kappa shape index (κ1) is 12.8. The molecule has 4 heteroatoms. The average Bonchev–Trinajstić information content (AvgIpc) is 2.71.